The number of hydrogen-bond acceptors (Lipinski definition) is 3. The Balaban J connectivity index is 2.80. The van der Waals surface area contributed by atoms with Gasteiger partial charge >= 0.3 is 6.18 Å². The predicted molar refractivity (Wildman–Crippen MR) is 60.6 cm³/mol. The van der Waals surface area contributed by atoms with Crippen LogP contribution in [0.4, 0.5) is 13.2 Å². The van der Waals surface area contributed by atoms with Gasteiger partial charge in [0, 0.05) is 22.9 Å². The molecule has 0 spiro atoms. The summed E-state index contributed by atoms with van der Waals surface area (Å²) in [7, 11) is -1.41. The molecule has 1 N–H and O–H groups in total. The summed E-state index contributed by atoms with van der Waals surface area (Å²) in [6.07, 6.45) is -1.86. The zero-order valence-electron chi connectivity index (χ0n) is 9.35. The van der Waals surface area contributed by atoms with Gasteiger partial charge in [-0.3, -0.25) is 4.98 Å². The van der Waals surface area contributed by atoms with E-state index in [1.54, 1.807) is 6.92 Å². The molecule has 0 aliphatic rings. The van der Waals surface area contributed by atoms with E-state index < -0.39 is 22.8 Å². The van der Waals surface area contributed by atoms with Crippen LogP contribution in [0.25, 0.3) is 0 Å². The van der Waals surface area contributed by atoms with E-state index in [4.69, 9.17) is 5.26 Å². The Morgan fingerprint density at radius 2 is 2.22 bits per heavy atom. The summed E-state index contributed by atoms with van der Waals surface area (Å²) >= 11 is 0. The first-order chi connectivity index (χ1) is 8.34. The van der Waals surface area contributed by atoms with Crippen LogP contribution in [0, 0.1) is 11.5 Å². The van der Waals surface area contributed by atoms with Crippen LogP contribution in [0.15, 0.2) is 22.7 Å². The van der Waals surface area contributed by atoms with Crippen molar-refractivity contribution in [2.75, 3.05) is 5.75 Å². The number of nitrogens with zero attached hydrogens (tertiary/aromatic N) is 3. The molecule has 0 aliphatic carbocycles. The van der Waals surface area contributed by atoms with Gasteiger partial charge in [0.1, 0.15) is 5.69 Å². The van der Waals surface area contributed by atoms with Crippen molar-refractivity contribution in [2.24, 2.45) is 4.36 Å². The van der Waals surface area contributed by atoms with E-state index >= 15 is 0 Å². The number of aromatic nitrogens is 1. The maximum absolute atomic E-state index is 12.3. The highest BCUT2D eigenvalue weighted by Gasteiger charge is 2.32. The first-order valence-electron chi connectivity index (χ1n) is 4.87. The van der Waals surface area contributed by atoms with Crippen molar-refractivity contribution in [3.05, 3.63) is 29.6 Å². The van der Waals surface area contributed by atoms with Crippen LogP contribution in [0.2, 0.25) is 0 Å². The Kier molecular flexibility index (Phi) is 4.81. The van der Waals surface area contributed by atoms with Crippen LogP contribution in [0.5, 0.6) is 0 Å². The van der Waals surface area contributed by atoms with Crippen molar-refractivity contribution >= 4 is 11.0 Å². The van der Waals surface area contributed by atoms with Crippen LogP contribution in [0.1, 0.15) is 24.1 Å². The van der Waals surface area contributed by atoms with E-state index in [1.807, 2.05) is 0 Å². The number of hydrogen-bond donors (Lipinski definition) is 1. The Morgan fingerprint density at radius 3 is 2.67 bits per heavy atom. The minimum Gasteiger partial charge on any atom is -0.321 e. The molecule has 1 aromatic rings. The average Bonchev–Trinajstić information content (AvgIpc) is 2.28. The van der Waals surface area contributed by atoms with Crippen molar-refractivity contribution < 1.29 is 17.7 Å². The van der Waals surface area contributed by atoms with Crippen LogP contribution in [0.3, 0.4) is 0 Å². The van der Waals surface area contributed by atoms with Crippen LogP contribution < -0.4 is 0 Å². The van der Waals surface area contributed by atoms with Gasteiger partial charge in [-0.25, -0.2) is 0 Å². The fourth-order valence-electron chi connectivity index (χ4n) is 1.27. The molecule has 8 heteroatoms. The Morgan fingerprint density at radius 1 is 1.56 bits per heavy atom. The van der Waals surface area contributed by atoms with Crippen molar-refractivity contribution in [1.82, 2.24) is 4.98 Å². The summed E-state index contributed by atoms with van der Waals surface area (Å²) in [5, 5.41) is 8.24. The Bertz CT molecular complexity index is 479. The molecule has 98 valence electrons. The van der Waals surface area contributed by atoms with Crippen molar-refractivity contribution in [3.63, 3.8) is 0 Å². The molecule has 1 rings (SSSR count). The quantitative estimate of drug-likeness (QED) is 0.863. The highest BCUT2D eigenvalue weighted by Crippen LogP contribution is 2.28. The largest absolute Gasteiger partial charge is 0.433 e. The molecule has 4 nitrogen and oxygen atoms in total. The van der Waals surface area contributed by atoms with E-state index in [1.165, 1.54) is 12.3 Å². The molecular weight excluding hydrogens is 267 g/mol. The number of nitriles is 1. The normalized spacial score (nSPS) is 15.1. The van der Waals surface area contributed by atoms with Gasteiger partial charge in [-0.15, -0.1) is 4.36 Å². The molecule has 0 radical (unpaired) electrons. The summed E-state index contributed by atoms with van der Waals surface area (Å²) in [5.74, 6) is -0.0501. The molecule has 0 unspecified atom stereocenters. The monoisotopic (exact) mass is 277 g/mol. The van der Waals surface area contributed by atoms with Crippen LogP contribution in [-0.4, -0.2) is 15.3 Å². The van der Waals surface area contributed by atoms with E-state index in [0.29, 0.717) is 5.56 Å². The fraction of sp³-hybridized carbons (Fsp3) is 0.400. The number of alkyl halides is 3. The van der Waals surface area contributed by atoms with Gasteiger partial charge in [0.05, 0.1) is 0 Å². The zero-order chi connectivity index (χ0) is 13.8. The number of pyridine rings is 1. The molecule has 0 aromatic carbocycles. The lowest BCUT2D eigenvalue weighted by atomic mass is 10.1. The maximum Gasteiger partial charge on any atom is 0.433 e. The molecule has 1 heterocycles. The first-order valence-corrected chi connectivity index (χ1v) is 6.18. The van der Waals surface area contributed by atoms with E-state index in [2.05, 4.69) is 9.35 Å². The van der Waals surface area contributed by atoms with Gasteiger partial charge in [-0.2, -0.15) is 18.4 Å². The lowest BCUT2D eigenvalue weighted by Gasteiger charge is -2.11. The number of rotatable bonds is 3. The Hall–Kier alpha value is -1.46. The lowest BCUT2D eigenvalue weighted by Crippen LogP contribution is -2.10. The number of halogens is 3. The molecule has 1 aromatic heterocycles. The third kappa shape index (κ3) is 4.09. The standard InChI is InChI=1S/C10H10F3N3OS/c1-7(5-18(17)16-6-14)8-2-3-9(15-4-8)10(11,12)13/h2-4,7H,5H2,1H3,(H,16,17)/t7-,18-/m0/s1. The van der Waals surface area contributed by atoms with Gasteiger partial charge in [-0.05, 0) is 17.5 Å². The molecule has 2 atom stereocenters. The zero-order valence-corrected chi connectivity index (χ0v) is 10.2. The summed E-state index contributed by atoms with van der Waals surface area (Å²) in [6, 6.07) is 2.20. The molecule has 18 heavy (non-hydrogen) atoms. The van der Waals surface area contributed by atoms with Gasteiger partial charge < -0.3 is 4.55 Å². The third-order valence-electron chi connectivity index (χ3n) is 2.19. The molecule has 0 amide bonds. The van der Waals surface area contributed by atoms with Crippen LogP contribution >= 0.6 is 0 Å². The van der Waals surface area contributed by atoms with Gasteiger partial charge in [-0.1, -0.05) is 13.0 Å². The Labute approximate surface area is 104 Å². The second kappa shape index (κ2) is 5.93. The van der Waals surface area contributed by atoms with E-state index in [9.17, 15) is 17.7 Å². The van der Waals surface area contributed by atoms with Crippen molar-refractivity contribution in [1.29, 1.82) is 5.26 Å². The SMILES string of the molecule is C[C@@H](C[S@](O)=NC#N)c1ccc(C(F)(F)F)nc1. The molecule has 0 fully saturated rings. The highest BCUT2D eigenvalue weighted by atomic mass is 32.2. The third-order valence-corrected chi connectivity index (χ3v) is 3.28. The minimum absolute atomic E-state index is 0.181. The van der Waals surface area contributed by atoms with Gasteiger partial charge in [0.15, 0.2) is 0 Å². The molecule has 0 saturated heterocycles. The first kappa shape index (κ1) is 14.6. The van der Waals surface area contributed by atoms with Gasteiger partial charge in [0.25, 0.3) is 0 Å². The summed E-state index contributed by atoms with van der Waals surface area (Å²) in [6.45, 7) is 1.72. The van der Waals surface area contributed by atoms with E-state index in [0.717, 1.165) is 12.3 Å². The topological polar surface area (TPSA) is 69.3 Å². The van der Waals surface area contributed by atoms with Crippen molar-refractivity contribution in [3.8, 4) is 6.19 Å². The van der Waals surface area contributed by atoms with Gasteiger partial charge in [0.2, 0.25) is 6.19 Å². The fourth-order valence-corrected chi connectivity index (χ4v) is 2.08. The molecule has 0 aliphatic heterocycles. The van der Waals surface area contributed by atoms with E-state index in [-0.39, 0.29) is 11.7 Å². The minimum atomic E-state index is -4.46. The lowest BCUT2D eigenvalue weighted by molar-refractivity contribution is -0.141. The maximum atomic E-state index is 12.3. The highest BCUT2D eigenvalue weighted by molar-refractivity contribution is 7.81. The molecule has 0 saturated carbocycles. The summed E-state index contributed by atoms with van der Waals surface area (Å²) < 4.78 is 49.4. The average molecular weight is 277 g/mol. The van der Waals surface area contributed by atoms with Crippen LogP contribution in [-0.2, 0) is 17.1 Å². The molecular formula is C10H10F3N3OS. The second-order valence-corrected chi connectivity index (χ2v) is 4.77. The second-order valence-electron chi connectivity index (χ2n) is 3.57. The summed E-state index contributed by atoms with van der Waals surface area (Å²) in [4.78, 5) is 3.33. The smallest absolute Gasteiger partial charge is 0.321 e. The molecule has 0 bridgehead atoms. The summed E-state index contributed by atoms with van der Waals surface area (Å²) in [5.41, 5.74) is -0.397. The predicted octanol–water partition coefficient (Wildman–Crippen LogP) is 2.96. The van der Waals surface area contributed by atoms with Crippen molar-refractivity contribution in [2.45, 2.75) is 19.0 Å².